The van der Waals surface area contributed by atoms with Crippen LogP contribution < -0.4 is 0 Å². The second-order valence-corrected chi connectivity index (χ2v) is 5.44. The zero-order valence-corrected chi connectivity index (χ0v) is 18.5. The molecule has 0 saturated carbocycles. The zero-order chi connectivity index (χ0) is 22.3. The molecule has 0 radical (unpaired) electrons. The predicted molar refractivity (Wildman–Crippen MR) is 87.9 cm³/mol. The standard InChI is InChI=1S/2C8H12O6.Ti/c2*1-5(2)13-14-8(11)7(10)4-12-6(3)9;/h2*5H,4H2,1-3H3;. The summed E-state index contributed by atoms with van der Waals surface area (Å²) in [4.78, 5) is 80.8. The molecule has 0 aliphatic heterocycles. The van der Waals surface area contributed by atoms with Gasteiger partial charge in [0.05, 0.1) is 12.2 Å². The summed E-state index contributed by atoms with van der Waals surface area (Å²) >= 11 is 0. The van der Waals surface area contributed by atoms with E-state index in [-0.39, 0.29) is 33.9 Å². The molecule has 0 heterocycles. The summed E-state index contributed by atoms with van der Waals surface area (Å²) in [6, 6.07) is 0. The van der Waals surface area contributed by atoms with E-state index in [1.165, 1.54) is 0 Å². The zero-order valence-electron chi connectivity index (χ0n) is 17.0. The number of carbonyl (C=O) groups excluding carboxylic acids is 6. The quantitative estimate of drug-likeness (QED) is 0.143. The molecule has 0 rings (SSSR count). The molecule has 0 aromatic rings. The van der Waals surface area contributed by atoms with Gasteiger partial charge < -0.3 is 9.47 Å². The average Bonchev–Trinajstić information content (AvgIpc) is 2.60. The van der Waals surface area contributed by atoms with Gasteiger partial charge in [0, 0.05) is 35.6 Å². The van der Waals surface area contributed by atoms with Gasteiger partial charge in [-0.2, -0.15) is 9.78 Å². The number of rotatable bonds is 10. The summed E-state index contributed by atoms with van der Waals surface area (Å²) < 4.78 is 8.57. The molecule has 0 aliphatic carbocycles. The molecule has 0 aromatic heterocycles. The number of ether oxygens (including phenoxy) is 2. The monoisotopic (exact) mass is 456 g/mol. The van der Waals surface area contributed by atoms with Gasteiger partial charge in [0.25, 0.3) is 11.6 Å². The van der Waals surface area contributed by atoms with E-state index in [0.29, 0.717) is 0 Å². The minimum absolute atomic E-state index is 0. The van der Waals surface area contributed by atoms with Crippen LogP contribution in [0.4, 0.5) is 0 Å². The molecular formula is C16H24O12Ti. The van der Waals surface area contributed by atoms with Crippen LogP contribution in [0.3, 0.4) is 0 Å². The van der Waals surface area contributed by atoms with Gasteiger partial charge in [-0.05, 0) is 27.7 Å². The van der Waals surface area contributed by atoms with E-state index >= 15 is 0 Å². The first-order valence-corrected chi connectivity index (χ1v) is 7.94. The third-order valence-electron chi connectivity index (χ3n) is 1.90. The smallest absolute Gasteiger partial charge is 0.412 e. The number of ketones is 2. The molecular weight excluding hydrogens is 432 g/mol. The third-order valence-corrected chi connectivity index (χ3v) is 1.90. The molecule has 0 spiro atoms. The number of hydrogen-bond acceptors (Lipinski definition) is 12. The van der Waals surface area contributed by atoms with Crippen LogP contribution in [0, 0.1) is 0 Å². The van der Waals surface area contributed by atoms with Crippen LogP contribution in [0.25, 0.3) is 0 Å². The first-order valence-electron chi connectivity index (χ1n) is 7.94. The van der Waals surface area contributed by atoms with Crippen molar-refractivity contribution in [2.45, 2.75) is 53.8 Å². The van der Waals surface area contributed by atoms with Crippen molar-refractivity contribution in [1.29, 1.82) is 0 Å². The van der Waals surface area contributed by atoms with Crippen molar-refractivity contribution in [3.8, 4) is 0 Å². The van der Waals surface area contributed by atoms with Crippen LogP contribution in [-0.4, -0.2) is 60.9 Å². The van der Waals surface area contributed by atoms with Gasteiger partial charge in [0.15, 0.2) is 13.2 Å². The molecule has 0 bridgehead atoms. The van der Waals surface area contributed by atoms with Crippen LogP contribution in [-0.2, 0) is 79.5 Å². The topological polar surface area (TPSA) is 158 Å². The maximum atomic E-state index is 10.8. The largest absolute Gasteiger partial charge is 0.457 e. The van der Waals surface area contributed by atoms with Crippen LogP contribution in [0.2, 0.25) is 0 Å². The van der Waals surface area contributed by atoms with Crippen LogP contribution in [0.15, 0.2) is 0 Å². The summed E-state index contributed by atoms with van der Waals surface area (Å²) in [5.41, 5.74) is 0. The van der Waals surface area contributed by atoms with E-state index < -0.39 is 48.7 Å². The van der Waals surface area contributed by atoms with E-state index in [0.717, 1.165) is 13.8 Å². The minimum atomic E-state index is -1.18. The van der Waals surface area contributed by atoms with Crippen LogP contribution in [0.5, 0.6) is 0 Å². The maximum absolute atomic E-state index is 10.8. The van der Waals surface area contributed by atoms with Gasteiger partial charge >= 0.3 is 23.9 Å². The number of hydrogen-bond donors (Lipinski definition) is 0. The Balaban J connectivity index is -0.000000451. The van der Waals surface area contributed by atoms with Gasteiger partial charge in [0.1, 0.15) is 0 Å². The molecule has 0 unspecified atom stereocenters. The maximum Gasteiger partial charge on any atom is 0.412 e. The van der Waals surface area contributed by atoms with Crippen molar-refractivity contribution in [1.82, 2.24) is 0 Å². The summed E-state index contributed by atoms with van der Waals surface area (Å²) in [5, 5.41) is 0. The summed E-state index contributed by atoms with van der Waals surface area (Å²) in [6.07, 6.45) is -0.666. The normalized spacial score (nSPS) is 9.38. The van der Waals surface area contributed by atoms with E-state index in [1.54, 1.807) is 27.7 Å². The van der Waals surface area contributed by atoms with Gasteiger partial charge in [-0.3, -0.25) is 29.0 Å². The van der Waals surface area contributed by atoms with Crippen LogP contribution >= 0.6 is 0 Å². The van der Waals surface area contributed by atoms with Crippen molar-refractivity contribution in [2.75, 3.05) is 13.2 Å². The number of Topliss-reactive ketones (excluding diaryl/α,β-unsaturated/α-hetero) is 2. The first kappa shape index (κ1) is 31.5. The Hall–Kier alpha value is -2.15. The molecule has 0 atom stereocenters. The molecule has 0 aliphatic rings. The third kappa shape index (κ3) is 22.0. The first-order chi connectivity index (χ1) is 12.9. The Morgan fingerprint density at radius 2 is 0.897 bits per heavy atom. The fourth-order valence-electron chi connectivity index (χ4n) is 0.825. The van der Waals surface area contributed by atoms with Gasteiger partial charge in [0.2, 0.25) is 0 Å². The Kier molecular flexibility index (Phi) is 19.5. The Labute approximate surface area is 182 Å². The van der Waals surface area contributed by atoms with Crippen molar-refractivity contribution in [2.24, 2.45) is 0 Å². The second-order valence-electron chi connectivity index (χ2n) is 5.44. The number of carbonyl (C=O) groups is 6. The van der Waals surface area contributed by atoms with E-state index in [4.69, 9.17) is 0 Å². The second kappa shape index (κ2) is 17.9. The van der Waals surface area contributed by atoms with Crippen molar-refractivity contribution < 1.29 is 79.5 Å². The van der Waals surface area contributed by atoms with E-state index in [1.807, 2.05) is 0 Å². The van der Waals surface area contributed by atoms with Crippen molar-refractivity contribution in [3.05, 3.63) is 0 Å². The Bertz CT molecular complexity index is 520. The van der Waals surface area contributed by atoms with E-state index in [2.05, 4.69) is 29.0 Å². The molecule has 12 nitrogen and oxygen atoms in total. The van der Waals surface area contributed by atoms with Crippen molar-refractivity contribution in [3.63, 3.8) is 0 Å². The Morgan fingerprint density at radius 1 is 0.621 bits per heavy atom. The molecule has 0 aromatic carbocycles. The van der Waals surface area contributed by atoms with Crippen molar-refractivity contribution >= 4 is 35.4 Å². The average molecular weight is 456 g/mol. The fourth-order valence-corrected chi connectivity index (χ4v) is 0.825. The molecule has 0 amide bonds. The minimum Gasteiger partial charge on any atom is -0.457 e. The van der Waals surface area contributed by atoms with E-state index in [9.17, 15) is 28.8 Å². The van der Waals surface area contributed by atoms with Gasteiger partial charge in [-0.15, -0.1) is 0 Å². The van der Waals surface area contributed by atoms with Crippen LogP contribution in [0.1, 0.15) is 41.5 Å². The molecule has 0 N–H and O–H groups in total. The molecule has 164 valence electrons. The Morgan fingerprint density at radius 3 is 1.10 bits per heavy atom. The molecule has 0 saturated heterocycles. The molecule has 0 fully saturated rings. The SMILES string of the molecule is CC(=O)OCC(=O)C(=O)OOC(C)C.CC(=O)OCC(=O)C(=O)OOC(C)C.[Ti]. The van der Waals surface area contributed by atoms with Gasteiger partial charge in [-0.25, -0.2) is 9.59 Å². The predicted octanol–water partition coefficient (Wildman–Crippen LogP) is 0.00110. The summed E-state index contributed by atoms with van der Waals surface area (Å²) in [5.74, 6) is -5.59. The van der Waals surface area contributed by atoms with Gasteiger partial charge in [-0.1, -0.05) is 0 Å². The molecule has 29 heavy (non-hydrogen) atoms. The summed E-state index contributed by atoms with van der Waals surface area (Å²) in [7, 11) is 0. The fraction of sp³-hybridized carbons (Fsp3) is 0.625. The summed E-state index contributed by atoms with van der Waals surface area (Å²) in [6.45, 7) is 7.51. The number of esters is 2. The molecule has 13 heteroatoms.